The van der Waals surface area contributed by atoms with Crippen molar-refractivity contribution in [3.63, 3.8) is 0 Å². The van der Waals surface area contributed by atoms with Gasteiger partial charge in [-0.1, -0.05) is 0 Å². The summed E-state index contributed by atoms with van der Waals surface area (Å²) in [6.45, 7) is 0. The van der Waals surface area contributed by atoms with Crippen molar-refractivity contribution >= 4 is 21.6 Å². The summed E-state index contributed by atoms with van der Waals surface area (Å²) in [7, 11) is 0. The average molecular weight is 426 g/mol. The van der Waals surface area contributed by atoms with Crippen molar-refractivity contribution < 1.29 is 0 Å². The van der Waals surface area contributed by atoms with Crippen molar-refractivity contribution in [1.82, 2.24) is 34.5 Å². The van der Waals surface area contributed by atoms with Gasteiger partial charge in [-0.2, -0.15) is 5.10 Å². The number of hydrogen-bond acceptors (Lipinski definition) is 6. The van der Waals surface area contributed by atoms with E-state index in [2.05, 4.69) is 45.9 Å². The highest BCUT2D eigenvalue weighted by Crippen LogP contribution is 2.54. The highest BCUT2D eigenvalue weighted by Gasteiger charge is 2.43. The van der Waals surface area contributed by atoms with E-state index in [9.17, 15) is 9.59 Å². The Labute approximate surface area is 159 Å². The lowest BCUT2D eigenvalue weighted by atomic mass is 10.1. The van der Waals surface area contributed by atoms with Crippen LogP contribution in [0.3, 0.4) is 0 Å². The largest absolute Gasteiger partial charge is 0.325 e. The highest BCUT2D eigenvalue weighted by molar-refractivity contribution is 9.10. The number of rotatable bonds is 3. The lowest BCUT2D eigenvalue weighted by Gasteiger charge is -2.07. The van der Waals surface area contributed by atoms with Gasteiger partial charge in [-0.25, -0.2) is 24.3 Å². The first-order chi connectivity index (χ1) is 13.1. The number of hydrogen-bond donors (Lipinski definition) is 2. The molecule has 0 unspecified atom stereocenters. The molecule has 1 saturated carbocycles. The molecule has 4 heterocycles. The monoisotopic (exact) mass is 425 g/mol. The van der Waals surface area contributed by atoms with E-state index in [4.69, 9.17) is 0 Å². The molecule has 2 atom stereocenters. The summed E-state index contributed by atoms with van der Waals surface area (Å²) >= 11 is 3.35. The van der Waals surface area contributed by atoms with E-state index < -0.39 is 11.2 Å². The molecular formula is C17H12BrN7O2. The Morgan fingerprint density at radius 1 is 1.15 bits per heavy atom. The molecule has 4 aromatic heterocycles. The molecule has 0 aliphatic heterocycles. The molecule has 5 rings (SSSR count). The third kappa shape index (κ3) is 2.78. The quantitative estimate of drug-likeness (QED) is 0.513. The Morgan fingerprint density at radius 2 is 1.96 bits per heavy atom. The predicted molar refractivity (Wildman–Crippen MR) is 99.5 cm³/mol. The molecule has 0 aromatic carbocycles. The van der Waals surface area contributed by atoms with Crippen molar-refractivity contribution in [2.75, 3.05) is 0 Å². The first-order valence-electron chi connectivity index (χ1n) is 8.24. The average Bonchev–Trinajstić information content (AvgIpc) is 3.30. The van der Waals surface area contributed by atoms with Gasteiger partial charge in [0.1, 0.15) is 5.82 Å². The Bertz CT molecular complexity index is 1270. The maximum atomic E-state index is 12.2. The summed E-state index contributed by atoms with van der Waals surface area (Å²) in [6.07, 6.45) is 9.14. The molecule has 9 nitrogen and oxygen atoms in total. The standard InChI is InChI=1S/C17H12BrN7O2/c18-8-5-20-14(21-6-8)10-3-9(10)11-4-13(24-25-2-1-19-15(11)25)12-7-22-17(27)23-16(12)26/h1-2,4-7,9-10H,3H2,(H2,22,23,26,27)/t9-,10-/m0/s1. The third-order valence-electron chi connectivity index (χ3n) is 4.64. The normalized spacial score (nSPS) is 18.7. The number of aromatic amines is 2. The predicted octanol–water partition coefficient (Wildman–Crippen LogP) is 1.60. The van der Waals surface area contributed by atoms with Gasteiger partial charge in [0, 0.05) is 42.5 Å². The molecule has 1 aliphatic carbocycles. The highest BCUT2D eigenvalue weighted by atomic mass is 79.9. The van der Waals surface area contributed by atoms with Crippen LogP contribution < -0.4 is 11.2 Å². The van der Waals surface area contributed by atoms with Gasteiger partial charge in [0.05, 0.1) is 15.7 Å². The second kappa shape index (κ2) is 5.95. The summed E-state index contributed by atoms with van der Waals surface area (Å²) in [4.78, 5) is 41.4. The van der Waals surface area contributed by atoms with Crippen LogP contribution in [0.5, 0.6) is 0 Å². The lowest BCUT2D eigenvalue weighted by Crippen LogP contribution is -2.23. The molecule has 0 amide bonds. The molecule has 27 heavy (non-hydrogen) atoms. The minimum absolute atomic E-state index is 0.194. The zero-order valence-electron chi connectivity index (χ0n) is 13.8. The fraction of sp³-hybridized carbons (Fsp3) is 0.176. The van der Waals surface area contributed by atoms with Crippen molar-refractivity contribution in [1.29, 1.82) is 0 Å². The van der Waals surface area contributed by atoms with E-state index in [-0.39, 0.29) is 11.8 Å². The smallest absolute Gasteiger partial charge is 0.313 e. The molecule has 1 fully saturated rings. The van der Waals surface area contributed by atoms with Crippen LogP contribution in [0.15, 0.2) is 51.1 Å². The molecular weight excluding hydrogens is 414 g/mol. The zero-order chi connectivity index (χ0) is 18.5. The number of aromatic nitrogens is 7. The number of H-pyrrole nitrogens is 2. The summed E-state index contributed by atoms with van der Waals surface area (Å²) in [6, 6.07) is 1.86. The van der Waals surface area contributed by atoms with Crippen LogP contribution in [-0.4, -0.2) is 34.5 Å². The van der Waals surface area contributed by atoms with Crippen LogP contribution >= 0.6 is 15.9 Å². The molecule has 1 aliphatic rings. The minimum Gasteiger partial charge on any atom is -0.313 e. The number of halogens is 1. The maximum absolute atomic E-state index is 12.2. The number of fused-ring (bicyclic) bond motifs is 1. The van der Waals surface area contributed by atoms with Crippen LogP contribution in [0.25, 0.3) is 16.9 Å². The fourth-order valence-corrected chi connectivity index (χ4v) is 3.49. The van der Waals surface area contributed by atoms with E-state index in [0.717, 1.165) is 27.9 Å². The zero-order valence-corrected chi connectivity index (χ0v) is 15.3. The molecule has 0 spiro atoms. The van der Waals surface area contributed by atoms with Crippen LogP contribution in [0.1, 0.15) is 29.6 Å². The first kappa shape index (κ1) is 16.1. The summed E-state index contributed by atoms with van der Waals surface area (Å²) in [5, 5.41) is 4.45. The van der Waals surface area contributed by atoms with E-state index in [1.165, 1.54) is 6.20 Å². The summed E-state index contributed by atoms with van der Waals surface area (Å²) < 4.78 is 2.48. The van der Waals surface area contributed by atoms with Crippen LogP contribution in [0.4, 0.5) is 0 Å². The van der Waals surface area contributed by atoms with Crippen molar-refractivity contribution in [2.45, 2.75) is 18.3 Å². The Morgan fingerprint density at radius 3 is 2.74 bits per heavy atom. The molecule has 0 radical (unpaired) electrons. The molecule has 10 heteroatoms. The summed E-state index contributed by atoms with van der Waals surface area (Å²) in [5.74, 6) is 1.18. The van der Waals surface area contributed by atoms with Gasteiger partial charge >= 0.3 is 5.69 Å². The fourth-order valence-electron chi connectivity index (χ4n) is 3.28. The van der Waals surface area contributed by atoms with E-state index in [1.54, 1.807) is 29.3 Å². The van der Waals surface area contributed by atoms with Crippen LogP contribution in [0.2, 0.25) is 0 Å². The molecule has 2 N–H and O–H groups in total. The first-order valence-corrected chi connectivity index (χ1v) is 9.03. The number of nitrogens with one attached hydrogen (secondary N) is 2. The molecule has 134 valence electrons. The Hall–Kier alpha value is -3.14. The maximum Gasteiger partial charge on any atom is 0.325 e. The van der Waals surface area contributed by atoms with E-state index in [1.807, 2.05) is 6.07 Å². The molecule has 0 bridgehead atoms. The van der Waals surface area contributed by atoms with Crippen molar-refractivity contribution in [2.24, 2.45) is 0 Å². The van der Waals surface area contributed by atoms with Gasteiger partial charge in [0.15, 0.2) is 5.65 Å². The van der Waals surface area contributed by atoms with E-state index in [0.29, 0.717) is 11.3 Å². The van der Waals surface area contributed by atoms with Gasteiger partial charge in [-0.3, -0.25) is 9.78 Å². The van der Waals surface area contributed by atoms with Crippen molar-refractivity contribution in [3.8, 4) is 11.3 Å². The van der Waals surface area contributed by atoms with Crippen LogP contribution in [0, 0.1) is 0 Å². The number of nitrogens with zero attached hydrogens (tertiary/aromatic N) is 5. The summed E-state index contributed by atoms with van der Waals surface area (Å²) in [5.41, 5.74) is 1.44. The molecule has 0 saturated heterocycles. The van der Waals surface area contributed by atoms with Crippen molar-refractivity contribution in [3.05, 3.63) is 73.7 Å². The molecule has 4 aromatic rings. The Balaban J connectivity index is 1.60. The number of imidazole rings is 1. The SMILES string of the molecule is O=c1[nH]cc(-c2cc([C@H]3C[C@@H]3c3ncc(Br)cn3)c3nccn3n2)c(=O)[nH]1. The minimum atomic E-state index is -0.553. The van der Waals surface area contributed by atoms with Crippen LogP contribution in [-0.2, 0) is 0 Å². The lowest BCUT2D eigenvalue weighted by molar-refractivity contribution is 0.873. The van der Waals surface area contributed by atoms with Gasteiger partial charge in [0.25, 0.3) is 5.56 Å². The third-order valence-corrected chi connectivity index (χ3v) is 5.05. The van der Waals surface area contributed by atoms with Gasteiger partial charge in [-0.15, -0.1) is 0 Å². The second-order valence-corrected chi connectivity index (χ2v) is 7.29. The second-order valence-electron chi connectivity index (χ2n) is 6.37. The van der Waals surface area contributed by atoms with Gasteiger partial charge in [0.2, 0.25) is 0 Å². The van der Waals surface area contributed by atoms with Gasteiger partial charge in [-0.05, 0) is 34.3 Å². The van der Waals surface area contributed by atoms with Gasteiger partial charge < -0.3 is 4.98 Å². The Kier molecular flexibility index (Phi) is 3.54. The topological polar surface area (TPSA) is 122 Å². The van der Waals surface area contributed by atoms with E-state index >= 15 is 0 Å².